The smallest absolute Gasteiger partial charge is 0.141 e. The lowest BCUT2D eigenvalue weighted by Gasteiger charge is -2.04. The first-order chi connectivity index (χ1) is 8.31. The Morgan fingerprint density at radius 2 is 2.12 bits per heavy atom. The summed E-state index contributed by atoms with van der Waals surface area (Å²) in [6.45, 7) is 3.65. The fourth-order valence-electron chi connectivity index (χ4n) is 1.42. The molecule has 1 aromatic carbocycles. The zero-order valence-electron chi connectivity index (χ0n) is 9.19. The first-order valence-electron chi connectivity index (χ1n) is 5.12. The van der Waals surface area contributed by atoms with Crippen LogP contribution in [0.4, 0.5) is 0 Å². The highest BCUT2D eigenvalue weighted by atomic mass is 16.3. The van der Waals surface area contributed by atoms with Gasteiger partial charge in [-0.05, 0) is 18.1 Å². The number of phenolic OH excluding ortho intramolecular Hbond substituents is 1. The minimum atomic E-state index is 0.226. The Morgan fingerprint density at radius 3 is 2.82 bits per heavy atom. The highest BCUT2D eigenvalue weighted by Crippen LogP contribution is 2.21. The molecule has 5 heteroatoms. The molecule has 0 aliphatic rings. The Hall–Kier alpha value is -2.43. The first kappa shape index (κ1) is 11.1. The van der Waals surface area contributed by atoms with Crippen molar-refractivity contribution in [2.75, 3.05) is 0 Å². The summed E-state index contributed by atoms with van der Waals surface area (Å²) in [5.41, 5.74) is 1.48. The van der Waals surface area contributed by atoms with Gasteiger partial charge in [-0.15, -0.1) is 16.8 Å². The molecule has 0 unspecified atom stereocenters. The molecular weight excluding hydrogens is 216 g/mol. The molecule has 17 heavy (non-hydrogen) atoms. The number of aromatic hydroxyl groups is 1. The number of allylic oxidation sites excluding steroid dienone is 1. The number of hydrogen-bond acceptors (Lipinski definition) is 4. The zero-order chi connectivity index (χ0) is 12.1. The van der Waals surface area contributed by atoms with Crippen LogP contribution in [0.15, 0.2) is 48.6 Å². The van der Waals surface area contributed by atoms with Crippen LogP contribution in [0, 0.1) is 0 Å². The lowest BCUT2D eigenvalue weighted by molar-refractivity contribution is 0.469. The molecule has 0 atom stereocenters. The van der Waals surface area contributed by atoms with Gasteiger partial charge < -0.3 is 5.11 Å². The van der Waals surface area contributed by atoms with Crippen LogP contribution in [0.2, 0.25) is 0 Å². The maximum Gasteiger partial charge on any atom is 0.141 e. The SMILES string of the molecule is C=CCc1cccc(/C=N\n2cnnc2)c1O. The van der Waals surface area contributed by atoms with Crippen molar-refractivity contribution in [3.8, 4) is 5.75 Å². The molecule has 2 rings (SSSR count). The van der Waals surface area contributed by atoms with Crippen LogP contribution < -0.4 is 0 Å². The van der Waals surface area contributed by atoms with E-state index in [1.807, 2.05) is 12.1 Å². The Morgan fingerprint density at radius 1 is 1.35 bits per heavy atom. The van der Waals surface area contributed by atoms with Crippen molar-refractivity contribution in [3.05, 3.63) is 54.6 Å². The minimum absolute atomic E-state index is 0.226. The van der Waals surface area contributed by atoms with Crippen LogP contribution in [-0.4, -0.2) is 26.2 Å². The number of rotatable bonds is 4. The van der Waals surface area contributed by atoms with Crippen molar-refractivity contribution in [2.24, 2.45) is 5.10 Å². The van der Waals surface area contributed by atoms with Gasteiger partial charge >= 0.3 is 0 Å². The summed E-state index contributed by atoms with van der Waals surface area (Å²) in [5, 5.41) is 21.3. The van der Waals surface area contributed by atoms with Crippen LogP contribution in [0.3, 0.4) is 0 Å². The van der Waals surface area contributed by atoms with Gasteiger partial charge in [0.15, 0.2) is 0 Å². The molecule has 1 heterocycles. The van der Waals surface area contributed by atoms with Gasteiger partial charge in [-0.2, -0.15) is 5.10 Å². The monoisotopic (exact) mass is 228 g/mol. The van der Waals surface area contributed by atoms with Crippen molar-refractivity contribution in [2.45, 2.75) is 6.42 Å². The molecule has 0 radical (unpaired) electrons. The van der Waals surface area contributed by atoms with E-state index in [1.165, 1.54) is 17.3 Å². The fraction of sp³-hybridized carbons (Fsp3) is 0.0833. The van der Waals surface area contributed by atoms with Crippen LogP contribution in [0.25, 0.3) is 0 Å². The molecule has 0 spiro atoms. The topological polar surface area (TPSA) is 63.3 Å². The summed E-state index contributed by atoms with van der Waals surface area (Å²) in [6.07, 6.45) is 6.88. The molecule has 86 valence electrons. The van der Waals surface area contributed by atoms with Crippen molar-refractivity contribution in [3.63, 3.8) is 0 Å². The summed E-state index contributed by atoms with van der Waals surface area (Å²) in [6, 6.07) is 5.51. The summed E-state index contributed by atoms with van der Waals surface area (Å²) in [7, 11) is 0. The third-order valence-corrected chi connectivity index (χ3v) is 2.25. The minimum Gasteiger partial charge on any atom is -0.507 e. The van der Waals surface area contributed by atoms with Crippen LogP contribution >= 0.6 is 0 Å². The molecule has 0 fully saturated rings. The van der Waals surface area contributed by atoms with Crippen molar-refractivity contribution >= 4 is 6.21 Å². The van der Waals surface area contributed by atoms with Gasteiger partial charge in [0.25, 0.3) is 0 Å². The lowest BCUT2D eigenvalue weighted by Crippen LogP contribution is -1.91. The second kappa shape index (κ2) is 5.07. The van der Waals surface area contributed by atoms with Gasteiger partial charge in [0.05, 0.1) is 6.21 Å². The molecule has 1 N–H and O–H groups in total. The number of aromatic nitrogens is 3. The molecule has 1 aromatic heterocycles. The predicted molar refractivity (Wildman–Crippen MR) is 65.0 cm³/mol. The quantitative estimate of drug-likeness (QED) is 0.638. The second-order valence-corrected chi connectivity index (χ2v) is 3.43. The maximum absolute atomic E-state index is 9.97. The number of phenols is 1. The standard InChI is InChI=1S/C12H12N4O/c1-2-4-10-5-3-6-11(12(10)17)7-15-16-8-13-14-9-16/h2-3,5-9,17H,1,4H2/b15-7-. The molecule has 0 aliphatic carbocycles. The molecule has 0 saturated heterocycles. The third-order valence-electron chi connectivity index (χ3n) is 2.25. The fourth-order valence-corrected chi connectivity index (χ4v) is 1.42. The van der Waals surface area contributed by atoms with E-state index in [-0.39, 0.29) is 5.75 Å². The number of hydrogen-bond donors (Lipinski definition) is 1. The van der Waals surface area contributed by atoms with E-state index < -0.39 is 0 Å². The van der Waals surface area contributed by atoms with Gasteiger partial charge in [-0.3, -0.25) is 0 Å². The molecule has 2 aromatic rings. The molecule has 0 bridgehead atoms. The highest BCUT2D eigenvalue weighted by Gasteiger charge is 2.03. The van der Waals surface area contributed by atoms with E-state index in [1.54, 1.807) is 18.4 Å². The Labute approximate surface area is 98.7 Å². The zero-order valence-corrected chi connectivity index (χ0v) is 9.19. The van der Waals surface area contributed by atoms with Crippen molar-refractivity contribution in [1.29, 1.82) is 0 Å². The maximum atomic E-state index is 9.97. The average molecular weight is 228 g/mol. The molecule has 5 nitrogen and oxygen atoms in total. The molecule has 0 saturated carbocycles. The van der Waals surface area contributed by atoms with E-state index in [0.717, 1.165) is 5.56 Å². The van der Waals surface area contributed by atoms with Crippen molar-refractivity contribution < 1.29 is 5.11 Å². The highest BCUT2D eigenvalue weighted by molar-refractivity contribution is 5.84. The molecular formula is C12H12N4O. The van der Waals surface area contributed by atoms with E-state index in [9.17, 15) is 5.11 Å². The van der Waals surface area contributed by atoms with E-state index >= 15 is 0 Å². The first-order valence-corrected chi connectivity index (χ1v) is 5.12. The summed E-state index contributed by atoms with van der Waals surface area (Å²) >= 11 is 0. The average Bonchev–Trinajstić information content (AvgIpc) is 2.83. The Kier molecular flexibility index (Phi) is 3.30. The van der Waals surface area contributed by atoms with Crippen LogP contribution in [0.1, 0.15) is 11.1 Å². The van der Waals surface area contributed by atoms with E-state index in [4.69, 9.17) is 0 Å². The van der Waals surface area contributed by atoms with E-state index in [2.05, 4.69) is 21.9 Å². The predicted octanol–water partition coefficient (Wildman–Crippen LogP) is 1.59. The molecule has 0 aliphatic heterocycles. The Balaban J connectivity index is 2.27. The number of benzene rings is 1. The van der Waals surface area contributed by atoms with Crippen LogP contribution in [-0.2, 0) is 6.42 Å². The summed E-state index contributed by atoms with van der Waals surface area (Å²) < 4.78 is 1.46. The largest absolute Gasteiger partial charge is 0.507 e. The van der Waals surface area contributed by atoms with Gasteiger partial charge in [0.1, 0.15) is 18.4 Å². The van der Waals surface area contributed by atoms with Gasteiger partial charge in [-0.1, -0.05) is 18.2 Å². The lowest BCUT2D eigenvalue weighted by atomic mass is 10.1. The van der Waals surface area contributed by atoms with Crippen molar-refractivity contribution in [1.82, 2.24) is 14.9 Å². The third kappa shape index (κ3) is 2.57. The van der Waals surface area contributed by atoms with Gasteiger partial charge in [-0.25, -0.2) is 4.68 Å². The second-order valence-electron chi connectivity index (χ2n) is 3.43. The summed E-state index contributed by atoms with van der Waals surface area (Å²) in [5.74, 6) is 0.226. The van der Waals surface area contributed by atoms with Gasteiger partial charge in [0.2, 0.25) is 0 Å². The molecule has 0 amide bonds. The van der Waals surface area contributed by atoms with E-state index in [0.29, 0.717) is 12.0 Å². The summed E-state index contributed by atoms with van der Waals surface area (Å²) in [4.78, 5) is 0. The number of para-hydroxylation sites is 1. The Bertz CT molecular complexity index is 531. The van der Waals surface area contributed by atoms with Crippen LogP contribution in [0.5, 0.6) is 5.75 Å². The number of nitrogens with zero attached hydrogens (tertiary/aromatic N) is 4. The van der Waals surface area contributed by atoms with Gasteiger partial charge in [0, 0.05) is 5.56 Å². The normalized spacial score (nSPS) is 10.8.